The Balaban J connectivity index is 2.78. The van der Waals surface area contributed by atoms with Gasteiger partial charge in [-0.25, -0.2) is 9.18 Å². The van der Waals surface area contributed by atoms with Crippen LogP contribution in [0.25, 0.3) is 0 Å². The molecule has 0 heterocycles. The summed E-state index contributed by atoms with van der Waals surface area (Å²) in [6, 6.07) is 2.34. The Morgan fingerprint density at radius 2 is 2.21 bits per heavy atom. The van der Waals surface area contributed by atoms with E-state index in [1.165, 1.54) is 17.8 Å². The number of hydrogen-bond donors (Lipinski definition) is 2. The van der Waals surface area contributed by atoms with Gasteiger partial charge in [-0.2, -0.15) is 11.8 Å². The molecule has 19 heavy (non-hydrogen) atoms. The fourth-order valence-corrected chi connectivity index (χ4v) is 2.13. The molecule has 1 aromatic rings. The van der Waals surface area contributed by atoms with Gasteiger partial charge in [0.2, 0.25) is 0 Å². The number of benzene rings is 1. The van der Waals surface area contributed by atoms with Gasteiger partial charge in [0.05, 0.1) is 10.6 Å². The van der Waals surface area contributed by atoms with E-state index >= 15 is 0 Å². The quantitative estimate of drug-likeness (QED) is 0.847. The number of nitrogens with one attached hydrogen (secondary N) is 1. The van der Waals surface area contributed by atoms with Crippen molar-refractivity contribution in [2.45, 2.75) is 12.5 Å². The van der Waals surface area contributed by atoms with Crippen molar-refractivity contribution in [3.8, 4) is 0 Å². The van der Waals surface area contributed by atoms with Crippen molar-refractivity contribution >= 4 is 35.2 Å². The minimum atomic E-state index is -1.11. The first-order chi connectivity index (χ1) is 8.95. The van der Waals surface area contributed by atoms with Crippen molar-refractivity contribution in [3.63, 3.8) is 0 Å². The van der Waals surface area contributed by atoms with Crippen LogP contribution in [0.1, 0.15) is 16.8 Å². The van der Waals surface area contributed by atoms with E-state index in [2.05, 4.69) is 5.32 Å². The number of rotatable bonds is 6. The predicted octanol–water partition coefficient (Wildman–Crippen LogP) is 2.42. The topological polar surface area (TPSA) is 66.4 Å². The second-order valence-electron chi connectivity index (χ2n) is 3.77. The average Bonchev–Trinajstić information content (AvgIpc) is 2.33. The standard InChI is InChI=1S/C12H13ClFNO3S/c1-19-5-4-10(12(17)18)15-11(16)8-3-2-7(14)6-9(8)13/h2-3,6,10H,4-5H2,1H3,(H,15,16)(H,17,18). The molecule has 1 amide bonds. The first-order valence-electron chi connectivity index (χ1n) is 5.43. The minimum absolute atomic E-state index is 0.0495. The van der Waals surface area contributed by atoms with Crippen LogP contribution in [-0.4, -0.2) is 35.0 Å². The molecular weight excluding hydrogens is 293 g/mol. The molecular formula is C12H13ClFNO3S. The molecule has 0 bridgehead atoms. The average molecular weight is 306 g/mol. The van der Waals surface area contributed by atoms with E-state index in [-0.39, 0.29) is 10.6 Å². The second-order valence-corrected chi connectivity index (χ2v) is 5.16. The Bertz CT molecular complexity index is 484. The van der Waals surface area contributed by atoms with Gasteiger partial charge in [0.15, 0.2) is 0 Å². The van der Waals surface area contributed by atoms with E-state index in [1.807, 2.05) is 6.26 Å². The summed E-state index contributed by atoms with van der Waals surface area (Å²) in [5.41, 5.74) is 0.0541. The van der Waals surface area contributed by atoms with Gasteiger partial charge in [-0.05, 0) is 36.6 Å². The fraction of sp³-hybridized carbons (Fsp3) is 0.333. The summed E-state index contributed by atoms with van der Waals surface area (Å²) in [5, 5.41) is 11.3. The Morgan fingerprint density at radius 3 is 2.74 bits per heavy atom. The lowest BCUT2D eigenvalue weighted by atomic mass is 10.1. The van der Waals surface area contributed by atoms with Crippen LogP contribution in [0.3, 0.4) is 0 Å². The summed E-state index contributed by atoms with van der Waals surface area (Å²) in [4.78, 5) is 22.9. The van der Waals surface area contributed by atoms with Crippen molar-refractivity contribution in [2.75, 3.05) is 12.0 Å². The highest BCUT2D eigenvalue weighted by molar-refractivity contribution is 7.98. The molecule has 0 radical (unpaired) electrons. The lowest BCUT2D eigenvalue weighted by molar-refractivity contribution is -0.139. The van der Waals surface area contributed by atoms with Crippen LogP contribution in [0.15, 0.2) is 18.2 Å². The van der Waals surface area contributed by atoms with Gasteiger partial charge in [0, 0.05) is 0 Å². The van der Waals surface area contributed by atoms with Gasteiger partial charge in [-0.15, -0.1) is 0 Å². The zero-order valence-electron chi connectivity index (χ0n) is 10.2. The molecule has 7 heteroatoms. The Hall–Kier alpha value is -1.27. The van der Waals surface area contributed by atoms with Gasteiger partial charge in [-0.3, -0.25) is 4.79 Å². The maximum atomic E-state index is 12.9. The van der Waals surface area contributed by atoms with Crippen molar-refractivity contribution in [1.29, 1.82) is 0 Å². The summed E-state index contributed by atoms with van der Waals surface area (Å²) in [7, 11) is 0. The molecule has 0 saturated heterocycles. The van der Waals surface area contributed by atoms with E-state index in [0.29, 0.717) is 12.2 Å². The van der Waals surface area contributed by atoms with Crippen molar-refractivity contribution in [1.82, 2.24) is 5.32 Å². The third-order valence-corrected chi connectivity index (χ3v) is 3.35. The zero-order chi connectivity index (χ0) is 14.4. The molecule has 2 N–H and O–H groups in total. The zero-order valence-corrected chi connectivity index (χ0v) is 11.7. The van der Waals surface area contributed by atoms with Gasteiger partial charge in [0.25, 0.3) is 5.91 Å². The van der Waals surface area contributed by atoms with E-state index in [0.717, 1.165) is 12.1 Å². The molecule has 0 aliphatic rings. The number of amides is 1. The van der Waals surface area contributed by atoms with Gasteiger partial charge < -0.3 is 10.4 Å². The molecule has 1 atom stereocenters. The molecule has 0 saturated carbocycles. The normalized spacial score (nSPS) is 11.9. The molecule has 0 spiro atoms. The van der Waals surface area contributed by atoms with Crippen LogP contribution in [0.2, 0.25) is 5.02 Å². The summed E-state index contributed by atoms with van der Waals surface area (Å²) >= 11 is 7.22. The van der Waals surface area contributed by atoms with E-state index in [9.17, 15) is 14.0 Å². The highest BCUT2D eigenvalue weighted by Gasteiger charge is 2.21. The summed E-state index contributed by atoms with van der Waals surface area (Å²) in [6.07, 6.45) is 2.15. The van der Waals surface area contributed by atoms with E-state index in [4.69, 9.17) is 16.7 Å². The molecule has 1 aromatic carbocycles. The molecule has 1 unspecified atom stereocenters. The largest absolute Gasteiger partial charge is 0.480 e. The van der Waals surface area contributed by atoms with Gasteiger partial charge in [0.1, 0.15) is 11.9 Å². The van der Waals surface area contributed by atoms with Crippen LogP contribution in [-0.2, 0) is 4.79 Å². The molecule has 0 aliphatic heterocycles. The number of carbonyl (C=O) groups excluding carboxylic acids is 1. The summed E-state index contributed by atoms with van der Waals surface area (Å²) < 4.78 is 12.9. The predicted molar refractivity (Wildman–Crippen MR) is 73.3 cm³/mol. The third-order valence-electron chi connectivity index (χ3n) is 2.39. The first-order valence-corrected chi connectivity index (χ1v) is 7.20. The lowest BCUT2D eigenvalue weighted by Gasteiger charge is -2.14. The number of halogens is 2. The number of carboxylic acids is 1. The van der Waals surface area contributed by atoms with Crippen LogP contribution in [0.4, 0.5) is 4.39 Å². The van der Waals surface area contributed by atoms with Crippen LogP contribution in [0.5, 0.6) is 0 Å². The Kier molecular flexibility index (Phi) is 6.11. The first kappa shape index (κ1) is 15.8. The smallest absolute Gasteiger partial charge is 0.326 e. The number of carbonyl (C=O) groups is 2. The monoisotopic (exact) mass is 305 g/mol. The molecule has 104 valence electrons. The van der Waals surface area contributed by atoms with Crippen LogP contribution < -0.4 is 5.32 Å². The molecule has 0 fully saturated rings. The van der Waals surface area contributed by atoms with E-state index in [1.54, 1.807) is 0 Å². The summed E-state index contributed by atoms with van der Waals surface area (Å²) in [5.74, 6) is -1.69. The van der Waals surface area contributed by atoms with Gasteiger partial charge in [-0.1, -0.05) is 11.6 Å². The maximum Gasteiger partial charge on any atom is 0.326 e. The molecule has 4 nitrogen and oxygen atoms in total. The highest BCUT2D eigenvalue weighted by atomic mass is 35.5. The van der Waals surface area contributed by atoms with Gasteiger partial charge >= 0.3 is 5.97 Å². The van der Waals surface area contributed by atoms with Crippen LogP contribution >= 0.6 is 23.4 Å². The number of carboxylic acid groups (broad SMARTS) is 1. The minimum Gasteiger partial charge on any atom is -0.480 e. The number of hydrogen-bond acceptors (Lipinski definition) is 3. The van der Waals surface area contributed by atoms with Crippen molar-refractivity contribution in [3.05, 3.63) is 34.6 Å². The fourth-order valence-electron chi connectivity index (χ4n) is 1.40. The number of aliphatic carboxylic acids is 1. The third kappa shape index (κ3) is 4.72. The maximum absolute atomic E-state index is 12.9. The van der Waals surface area contributed by atoms with Crippen molar-refractivity contribution < 1.29 is 19.1 Å². The second kappa shape index (κ2) is 7.35. The molecule has 1 rings (SSSR count). The Morgan fingerprint density at radius 1 is 1.53 bits per heavy atom. The summed E-state index contributed by atoms with van der Waals surface area (Å²) in [6.45, 7) is 0. The Labute approximate surface area is 119 Å². The highest BCUT2D eigenvalue weighted by Crippen LogP contribution is 2.17. The van der Waals surface area contributed by atoms with Crippen LogP contribution in [0, 0.1) is 5.82 Å². The lowest BCUT2D eigenvalue weighted by Crippen LogP contribution is -2.41. The molecule has 0 aromatic heterocycles. The van der Waals surface area contributed by atoms with Crippen molar-refractivity contribution in [2.24, 2.45) is 0 Å². The SMILES string of the molecule is CSCCC(NC(=O)c1ccc(F)cc1Cl)C(=O)O. The number of thioether (sulfide) groups is 1. The van der Waals surface area contributed by atoms with E-state index < -0.39 is 23.7 Å². The molecule has 0 aliphatic carbocycles.